The highest BCUT2D eigenvalue weighted by molar-refractivity contribution is 6.05. The molecule has 0 radical (unpaired) electrons. The van der Waals surface area contributed by atoms with Crippen LogP contribution in [0, 0.1) is 5.41 Å². The lowest BCUT2D eigenvalue weighted by Gasteiger charge is -2.43. The number of carbonyl (C=O) groups is 1. The van der Waals surface area contributed by atoms with Crippen LogP contribution in [-0.2, 0) is 4.79 Å². The molecule has 3 nitrogen and oxygen atoms in total. The average molecular weight is 250 g/mol. The molecule has 18 heavy (non-hydrogen) atoms. The predicted octanol–water partition coefficient (Wildman–Crippen LogP) is 2.13. The van der Waals surface area contributed by atoms with Crippen molar-refractivity contribution in [2.24, 2.45) is 5.41 Å². The van der Waals surface area contributed by atoms with Crippen LogP contribution in [0.3, 0.4) is 0 Å². The first-order chi connectivity index (χ1) is 8.43. The Morgan fingerprint density at radius 3 is 3.00 bits per heavy atom. The molecule has 0 bridgehead atoms. The van der Waals surface area contributed by atoms with Gasteiger partial charge in [0, 0.05) is 5.41 Å². The molecular formula is C15H22O3. The van der Waals surface area contributed by atoms with E-state index in [4.69, 9.17) is 0 Å². The topological polar surface area (TPSA) is 57.5 Å². The monoisotopic (exact) mass is 250 g/mol. The maximum absolute atomic E-state index is 12.0. The minimum atomic E-state index is -0.431. The highest BCUT2D eigenvalue weighted by Crippen LogP contribution is 2.47. The van der Waals surface area contributed by atoms with E-state index in [2.05, 4.69) is 0 Å². The molecule has 0 amide bonds. The predicted molar refractivity (Wildman–Crippen MR) is 70.1 cm³/mol. The van der Waals surface area contributed by atoms with Crippen molar-refractivity contribution in [2.45, 2.75) is 58.2 Å². The number of aliphatic hydroxyl groups excluding tert-OH is 2. The molecule has 0 aromatic rings. The van der Waals surface area contributed by atoms with Crippen molar-refractivity contribution in [1.82, 2.24) is 0 Å². The van der Waals surface area contributed by atoms with Crippen molar-refractivity contribution in [3.05, 3.63) is 23.3 Å². The quantitative estimate of drug-likeness (QED) is 0.738. The first-order valence-electron chi connectivity index (χ1n) is 6.74. The molecule has 2 aliphatic rings. The Morgan fingerprint density at radius 1 is 1.61 bits per heavy atom. The van der Waals surface area contributed by atoms with Crippen LogP contribution in [0.1, 0.15) is 46.0 Å². The largest absolute Gasteiger partial charge is 0.393 e. The Kier molecular flexibility index (Phi) is 3.74. The lowest BCUT2D eigenvalue weighted by Crippen LogP contribution is -2.41. The molecule has 3 atom stereocenters. The van der Waals surface area contributed by atoms with E-state index in [9.17, 15) is 15.0 Å². The zero-order valence-corrected chi connectivity index (χ0v) is 11.1. The lowest BCUT2D eigenvalue weighted by atomic mass is 9.63. The smallest absolute Gasteiger partial charge is 0.181 e. The number of rotatable bonds is 2. The van der Waals surface area contributed by atoms with E-state index in [1.807, 2.05) is 13.0 Å². The maximum atomic E-state index is 12.0. The van der Waals surface area contributed by atoms with Crippen molar-refractivity contribution in [3.8, 4) is 0 Å². The number of ketones is 1. The summed E-state index contributed by atoms with van der Waals surface area (Å²) in [6.45, 7) is 3.76. The summed E-state index contributed by atoms with van der Waals surface area (Å²) in [5.41, 5.74) is 1.56. The van der Waals surface area contributed by atoms with Crippen LogP contribution in [0.4, 0.5) is 0 Å². The third-order valence-electron chi connectivity index (χ3n) is 4.28. The van der Waals surface area contributed by atoms with Gasteiger partial charge in [-0.1, -0.05) is 18.6 Å². The number of fused-ring (bicyclic) bond motifs is 1. The standard InChI is InChI=1S/C15H22O3/c1-10(16)6-7-11-9-15(2)12(8-13(11)17)4-3-5-14(15)18/h7-8,10,14,16,18H,3-6,9H2,1-2H3/b11-7+/t10-,14+,15+/m1/s1. The number of hydrogen-bond donors (Lipinski definition) is 2. The SMILES string of the molecule is C[C@@H](O)C/C=C1\C[C@@]2(C)C(=CC1=O)CCC[C@@H]2O. The van der Waals surface area contributed by atoms with Gasteiger partial charge in [-0.2, -0.15) is 0 Å². The molecule has 2 N–H and O–H groups in total. The van der Waals surface area contributed by atoms with Crippen molar-refractivity contribution >= 4 is 5.78 Å². The number of allylic oxidation sites excluding steroid dienone is 2. The molecule has 0 spiro atoms. The van der Waals surface area contributed by atoms with Crippen LogP contribution < -0.4 is 0 Å². The summed E-state index contributed by atoms with van der Waals surface area (Å²) in [6, 6.07) is 0. The summed E-state index contributed by atoms with van der Waals surface area (Å²) in [5.74, 6) is 0.0530. The second kappa shape index (κ2) is 4.98. The minimum Gasteiger partial charge on any atom is -0.393 e. The molecule has 1 saturated carbocycles. The van der Waals surface area contributed by atoms with Gasteiger partial charge in [-0.3, -0.25) is 4.79 Å². The molecule has 3 heteroatoms. The van der Waals surface area contributed by atoms with Gasteiger partial charge in [0.2, 0.25) is 0 Å². The van der Waals surface area contributed by atoms with E-state index in [1.54, 1.807) is 13.0 Å². The van der Waals surface area contributed by atoms with E-state index < -0.39 is 6.10 Å². The summed E-state index contributed by atoms with van der Waals surface area (Å²) < 4.78 is 0. The first kappa shape index (κ1) is 13.5. The Bertz CT molecular complexity index is 406. The van der Waals surface area contributed by atoms with Gasteiger partial charge in [0.25, 0.3) is 0 Å². The van der Waals surface area contributed by atoms with Crippen LogP contribution in [0.15, 0.2) is 23.3 Å². The molecule has 0 unspecified atom stereocenters. The van der Waals surface area contributed by atoms with E-state index in [0.717, 1.165) is 30.4 Å². The van der Waals surface area contributed by atoms with Crippen molar-refractivity contribution in [3.63, 3.8) is 0 Å². The second-order valence-corrected chi connectivity index (χ2v) is 5.85. The number of carbonyl (C=O) groups excluding carboxylic acids is 1. The van der Waals surface area contributed by atoms with Gasteiger partial charge in [-0.05, 0) is 50.7 Å². The lowest BCUT2D eigenvalue weighted by molar-refractivity contribution is -0.112. The number of hydrogen-bond acceptors (Lipinski definition) is 3. The maximum Gasteiger partial charge on any atom is 0.181 e. The molecule has 100 valence electrons. The van der Waals surface area contributed by atoms with Gasteiger partial charge in [-0.25, -0.2) is 0 Å². The molecule has 2 rings (SSSR count). The molecule has 0 aromatic carbocycles. The van der Waals surface area contributed by atoms with E-state index in [-0.39, 0.29) is 17.3 Å². The molecular weight excluding hydrogens is 228 g/mol. The van der Waals surface area contributed by atoms with Crippen LogP contribution in [-0.4, -0.2) is 28.2 Å². The normalized spacial score (nSPS) is 36.2. The number of aliphatic hydroxyl groups is 2. The molecule has 0 saturated heterocycles. The molecule has 0 aliphatic heterocycles. The Labute approximate surface area is 108 Å². The van der Waals surface area contributed by atoms with Crippen molar-refractivity contribution in [1.29, 1.82) is 0 Å². The summed E-state index contributed by atoms with van der Waals surface area (Å²) >= 11 is 0. The van der Waals surface area contributed by atoms with Crippen LogP contribution in [0.2, 0.25) is 0 Å². The van der Waals surface area contributed by atoms with Crippen LogP contribution in [0.5, 0.6) is 0 Å². The highest BCUT2D eigenvalue weighted by atomic mass is 16.3. The third-order valence-corrected chi connectivity index (χ3v) is 4.28. The molecule has 1 fully saturated rings. The summed E-state index contributed by atoms with van der Waals surface area (Å²) in [6.07, 6.45) is 6.53. The Morgan fingerprint density at radius 2 is 2.33 bits per heavy atom. The fourth-order valence-electron chi connectivity index (χ4n) is 2.99. The van der Waals surface area contributed by atoms with Crippen molar-refractivity contribution < 1.29 is 15.0 Å². The van der Waals surface area contributed by atoms with Gasteiger partial charge in [-0.15, -0.1) is 0 Å². The van der Waals surface area contributed by atoms with Gasteiger partial charge in [0.05, 0.1) is 12.2 Å². The molecule has 0 aromatic heterocycles. The van der Waals surface area contributed by atoms with E-state index >= 15 is 0 Å². The summed E-state index contributed by atoms with van der Waals surface area (Å²) in [4.78, 5) is 12.0. The van der Waals surface area contributed by atoms with Gasteiger partial charge in [0.15, 0.2) is 5.78 Å². The first-order valence-corrected chi connectivity index (χ1v) is 6.74. The average Bonchev–Trinajstić information content (AvgIpc) is 2.30. The summed E-state index contributed by atoms with van der Waals surface area (Å²) in [7, 11) is 0. The van der Waals surface area contributed by atoms with Gasteiger partial charge >= 0.3 is 0 Å². The fourth-order valence-corrected chi connectivity index (χ4v) is 2.99. The Balaban J connectivity index is 2.27. The zero-order chi connectivity index (χ0) is 13.3. The van der Waals surface area contributed by atoms with Crippen LogP contribution >= 0.6 is 0 Å². The van der Waals surface area contributed by atoms with Gasteiger partial charge in [0.1, 0.15) is 0 Å². The fraction of sp³-hybridized carbons (Fsp3) is 0.667. The highest BCUT2D eigenvalue weighted by Gasteiger charge is 2.43. The molecule has 2 aliphatic carbocycles. The third kappa shape index (κ3) is 2.43. The Hall–Kier alpha value is -0.930. The zero-order valence-electron chi connectivity index (χ0n) is 11.1. The summed E-state index contributed by atoms with van der Waals surface area (Å²) in [5, 5.41) is 19.5. The second-order valence-electron chi connectivity index (χ2n) is 5.85. The van der Waals surface area contributed by atoms with E-state index in [0.29, 0.717) is 12.8 Å². The minimum absolute atomic E-state index is 0.0530. The molecule has 0 heterocycles. The van der Waals surface area contributed by atoms with E-state index in [1.165, 1.54) is 0 Å². The van der Waals surface area contributed by atoms with Crippen molar-refractivity contribution in [2.75, 3.05) is 0 Å². The van der Waals surface area contributed by atoms with Crippen LogP contribution in [0.25, 0.3) is 0 Å². The van der Waals surface area contributed by atoms with Gasteiger partial charge < -0.3 is 10.2 Å².